The van der Waals surface area contributed by atoms with Crippen LogP contribution in [0.25, 0.3) is 0 Å². The predicted molar refractivity (Wildman–Crippen MR) is 89.1 cm³/mol. The van der Waals surface area contributed by atoms with Gasteiger partial charge in [0.1, 0.15) is 5.69 Å². The number of hydrogen-bond donors (Lipinski definition) is 1. The maximum atomic E-state index is 12.3. The lowest BCUT2D eigenvalue weighted by molar-refractivity contribution is 0.102. The number of carbonyl (C=O) groups is 1. The van der Waals surface area contributed by atoms with E-state index >= 15 is 0 Å². The second-order valence-corrected chi connectivity index (χ2v) is 6.96. The number of nitrogens with zero attached hydrogens (tertiary/aromatic N) is 1. The van der Waals surface area contributed by atoms with Crippen molar-refractivity contribution in [2.24, 2.45) is 0 Å². The van der Waals surface area contributed by atoms with Crippen LogP contribution in [0.2, 0.25) is 0 Å². The number of nitrogens with one attached hydrogen (secondary N) is 1. The van der Waals surface area contributed by atoms with Crippen LogP contribution >= 0.6 is 0 Å². The molecule has 0 atom stereocenters. The fourth-order valence-electron chi connectivity index (χ4n) is 1.97. The van der Waals surface area contributed by atoms with Crippen molar-refractivity contribution in [1.29, 1.82) is 0 Å². The Morgan fingerprint density at radius 3 is 2.50 bits per heavy atom. The van der Waals surface area contributed by atoms with Crippen LogP contribution in [0.5, 0.6) is 5.88 Å². The highest BCUT2D eigenvalue weighted by atomic mass is 32.2. The summed E-state index contributed by atoms with van der Waals surface area (Å²) in [6.07, 6.45) is 1.55. The minimum absolute atomic E-state index is 0.109. The summed E-state index contributed by atoms with van der Waals surface area (Å²) in [5, 5.41) is 2.67. The fraction of sp³-hybridized carbons (Fsp3) is 0.250. The topological polar surface area (TPSA) is 94.6 Å². The molecule has 0 fully saturated rings. The lowest BCUT2D eigenvalue weighted by Crippen LogP contribution is -2.14. The molecule has 0 aliphatic heterocycles. The van der Waals surface area contributed by atoms with E-state index in [0.717, 1.165) is 0 Å². The molecule has 1 aromatic heterocycles. The van der Waals surface area contributed by atoms with Gasteiger partial charge in [-0.15, -0.1) is 0 Å². The first-order valence-electron chi connectivity index (χ1n) is 7.10. The number of benzene rings is 1. The van der Waals surface area contributed by atoms with Crippen LogP contribution in [0.1, 0.15) is 10.4 Å². The van der Waals surface area contributed by atoms with Crippen molar-refractivity contribution in [3.8, 4) is 5.88 Å². The van der Waals surface area contributed by atoms with Crippen molar-refractivity contribution in [3.63, 3.8) is 0 Å². The van der Waals surface area contributed by atoms with Gasteiger partial charge >= 0.3 is 0 Å². The third kappa shape index (κ3) is 4.30. The minimum atomic E-state index is -3.42. The van der Waals surface area contributed by atoms with E-state index in [0.29, 0.717) is 17.1 Å². The molecule has 24 heavy (non-hydrogen) atoms. The number of methoxy groups -OCH3 is 2. The van der Waals surface area contributed by atoms with Crippen LogP contribution in [-0.4, -0.2) is 45.9 Å². The summed E-state index contributed by atoms with van der Waals surface area (Å²) < 4.78 is 33.9. The maximum absolute atomic E-state index is 12.3. The number of pyridine rings is 1. The van der Waals surface area contributed by atoms with Gasteiger partial charge < -0.3 is 14.8 Å². The van der Waals surface area contributed by atoms with Crippen LogP contribution in [0.4, 0.5) is 5.69 Å². The van der Waals surface area contributed by atoms with Gasteiger partial charge in [0.2, 0.25) is 5.88 Å². The van der Waals surface area contributed by atoms with E-state index in [-0.39, 0.29) is 23.2 Å². The highest BCUT2D eigenvalue weighted by Crippen LogP contribution is 2.21. The minimum Gasteiger partial charge on any atom is -0.480 e. The summed E-state index contributed by atoms with van der Waals surface area (Å²) in [7, 11) is -0.525. The van der Waals surface area contributed by atoms with E-state index in [1.165, 1.54) is 38.5 Å². The Hall–Kier alpha value is -2.45. The lowest BCUT2D eigenvalue weighted by Gasteiger charge is -2.09. The van der Waals surface area contributed by atoms with E-state index in [2.05, 4.69) is 10.3 Å². The molecule has 2 aromatic rings. The molecule has 8 heteroatoms. The molecule has 1 N–H and O–H groups in total. The van der Waals surface area contributed by atoms with E-state index in [9.17, 15) is 13.2 Å². The zero-order chi connectivity index (χ0) is 17.6. The molecule has 0 radical (unpaired) electrons. The van der Waals surface area contributed by atoms with Gasteiger partial charge in [0.05, 0.1) is 24.4 Å². The summed E-state index contributed by atoms with van der Waals surface area (Å²) in [5.74, 6) is -0.200. The van der Waals surface area contributed by atoms with Crippen molar-refractivity contribution in [1.82, 2.24) is 4.98 Å². The molecule has 0 spiro atoms. The van der Waals surface area contributed by atoms with Gasteiger partial charge in [0, 0.05) is 18.9 Å². The first kappa shape index (κ1) is 17.9. The first-order chi connectivity index (χ1) is 11.5. The van der Waals surface area contributed by atoms with Gasteiger partial charge in [-0.2, -0.15) is 0 Å². The molecule has 1 amide bonds. The van der Waals surface area contributed by atoms with Crippen LogP contribution in [0.15, 0.2) is 47.5 Å². The Balaban J connectivity index is 2.14. The molecule has 0 aliphatic carbocycles. The van der Waals surface area contributed by atoms with Gasteiger partial charge in [0.15, 0.2) is 9.84 Å². The van der Waals surface area contributed by atoms with Crippen molar-refractivity contribution in [2.75, 3.05) is 31.9 Å². The molecule has 0 aliphatic rings. The highest BCUT2D eigenvalue weighted by molar-refractivity contribution is 7.91. The Morgan fingerprint density at radius 2 is 1.88 bits per heavy atom. The number of hydrogen-bond acceptors (Lipinski definition) is 6. The maximum Gasteiger partial charge on any atom is 0.255 e. The molecule has 0 bridgehead atoms. The standard InChI is InChI=1S/C16H18N2O5S/c1-22-10-11-24(20,21)13-7-5-12(6-8-13)15(19)18-14-4-3-9-17-16(14)23-2/h3-9H,10-11H2,1-2H3,(H,18,19). The van der Waals surface area contributed by atoms with Crippen LogP contribution in [-0.2, 0) is 14.6 Å². The third-order valence-electron chi connectivity index (χ3n) is 3.24. The number of amides is 1. The molecular weight excluding hydrogens is 332 g/mol. The van der Waals surface area contributed by atoms with Crippen molar-refractivity contribution in [3.05, 3.63) is 48.2 Å². The van der Waals surface area contributed by atoms with Gasteiger partial charge in [-0.25, -0.2) is 13.4 Å². The van der Waals surface area contributed by atoms with Crippen LogP contribution in [0, 0.1) is 0 Å². The molecule has 0 saturated carbocycles. The van der Waals surface area contributed by atoms with Crippen molar-refractivity contribution < 1.29 is 22.7 Å². The molecule has 1 aromatic carbocycles. The van der Waals surface area contributed by atoms with E-state index in [1.54, 1.807) is 18.3 Å². The van der Waals surface area contributed by atoms with E-state index < -0.39 is 9.84 Å². The Bertz CT molecular complexity index is 803. The van der Waals surface area contributed by atoms with Gasteiger partial charge in [-0.1, -0.05) is 0 Å². The summed E-state index contributed by atoms with van der Waals surface area (Å²) in [6, 6.07) is 9.05. The normalized spacial score (nSPS) is 11.1. The molecular formula is C16H18N2O5S. The lowest BCUT2D eigenvalue weighted by atomic mass is 10.2. The highest BCUT2D eigenvalue weighted by Gasteiger charge is 2.15. The van der Waals surface area contributed by atoms with Crippen LogP contribution < -0.4 is 10.1 Å². The average Bonchev–Trinajstić information content (AvgIpc) is 2.60. The van der Waals surface area contributed by atoms with Crippen LogP contribution in [0.3, 0.4) is 0 Å². The zero-order valence-electron chi connectivity index (χ0n) is 13.4. The number of anilines is 1. The Kier molecular flexibility index (Phi) is 5.88. The SMILES string of the molecule is COCCS(=O)(=O)c1ccc(C(=O)Nc2cccnc2OC)cc1. The molecule has 0 unspecified atom stereocenters. The summed E-state index contributed by atoms with van der Waals surface area (Å²) in [4.78, 5) is 16.4. The molecule has 2 rings (SSSR count). The molecule has 1 heterocycles. The number of aromatic nitrogens is 1. The zero-order valence-corrected chi connectivity index (χ0v) is 14.2. The summed E-state index contributed by atoms with van der Waals surface area (Å²) in [5.41, 5.74) is 0.758. The largest absolute Gasteiger partial charge is 0.480 e. The van der Waals surface area contributed by atoms with E-state index in [1.807, 2.05) is 0 Å². The second-order valence-electron chi connectivity index (χ2n) is 4.85. The molecule has 0 saturated heterocycles. The fourth-order valence-corrected chi connectivity index (χ4v) is 3.14. The number of ether oxygens (including phenoxy) is 2. The van der Waals surface area contributed by atoms with Crippen molar-refractivity contribution in [2.45, 2.75) is 4.90 Å². The van der Waals surface area contributed by atoms with E-state index in [4.69, 9.17) is 9.47 Å². The first-order valence-corrected chi connectivity index (χ1v) is 8.75. The summed E-state index contributed by atoms with van der Waals surface area (Å²) in [6.45, 7) is 0.116. The predicted octanol–water partition coefficient (Wildman–Crippen LogP) is 1.76. The quantitative estimate of drug-likeness (QED) is 0.818. The number of rotatable bonds is 7. The number of carbonyl (C=O) groups excluding carboxylic acids is 1. The van der Waals surface area contributed by atoms with Gasteiger partial charge in [0.25, 0.3) is 5.91 Å². The Labute approximate surface area is 140 Å². The smallest absolute Gasteiger partial charge is 0.255 e. The Morgan fingerprint density at radius 1 is 1.17 bits per heavy atom. The van der Waals surface area contributed by atoms with Gasteiger partial charge in [-0.3, -0.25) is 4.79 Å². The molecule has 128 valence electrons. The molecule has 7 nitrogen and oxygen atoms in total. The third-order valence-corrected chi connectivity index (χ3v) is 4.94. The second kappa shape index (κ2) is 7.89. The summed E-state index contributed by atoms with van der Waals surface area (Å²) >= 11 is 0. The number of sulfone groups is 1. The monoisotopic (exact) mass is 350 g/mol. The van der Waals surface area contributed by atoms with Gasteiger partial charge in [-0.05, 0) is 36.4 Å². The average molecular weight is 350 g/mol. The van der Waals surface area contributed by atoms with Crippen molar-refractivity contribution >= 4 is 21.4 Å².